The van der Waals surface area contributed by atoms with Gasteiger partial charge >= 0.3 is 6.03 Å². The average Bonchev–Trinajstić information content (AvgIpc) is 3.11. The Balaban J connectivity index is 1.53. The highest BCUT2D eigenvalue weighted by Gasteiger charge is 2.15. The van der Waals surface area contributed by atoms with Crippen molar-refractivity contribution in [3.8, 4) is 0 Å². The molecule has 2 amide bonds. The predicted molar refractivity (Wildman–Crippen MR) is 73.4 cm³/mol. The van der Waals surface area contributed by atoms with Crippen LogP contribution in [0.3, 0.4) is 0 Å². The Labute approximate surface area is 119 Å². The van der Waals surface area contributed by atoms with Crippen molar-refractivity contribution in [2.75, 3.05) is 33.4 Å². The maximum atomic E-state index is 11.8. The van der Waals surface area contributed by atoms with Gasteiger partial charge in [-0.25, -0.2) is 4.79 Å². The van der Waals surface area contributed by atoms with E-state index < -0.39 is 0 Å². The zero-order valence-corrected chi connectivity index (χ0v) is 11.8. The molecule has 6 nitrogen and oxygen atoms in total. The Bertz CT molecular complexity index is 388. The lowest BCUT2D eigenvalue weighted by molar-refractivity contribution is 0.0186. The molecule has 1 saturated heterocycles. The van der Waals surface area contributed by atoms with Crippen LogP contribution in [0.1, 0.15) is 18.6 Å². The standard InChI is InChI=1S/C14H22N2O4/c1-16(10-12-4-2-7-19-12)14(17)15-6-9-18-11-13-5-3-8-20-13/h2,4,7,13H,3,5-6,8-11H2,1H3,(H,15,17). The molecule has 1 N–H and O–H groups in total. The summed E-state index contributed by atoms with van der Waals surface area (Å²) >= 11 is 0. The van der Waals surface area contributed by atoms with Gasteiger partial charge in [0.15, 0.2) is 0 Å². The number of rotatable bonds is 7. The van der Waals surface area contributed by atoms with Crippen molar-refractivity contribution < 1.29 is 18.7 Å². The fourth-order valence-corrected chi connectivity index (χ4v) is 2.06. The highest BCUT2D eigenvalue weighted by Crippen LogP contribution is 2.11. The molecule has 1 aliphatic heterocycles. The zero-order chi connectivity index (χ0) is 14.2. The molecule has 0 radical (unpaired) electrons. The number of hydrogen-bond acceptors (Lipinski definition) is 4. The van der Waals surface area contributed by atoms with E-state index in [0.29, 0.717) is 26.3 Å². The second kappa shape index (κ2) is 7.91. The molecular weight excluding hydrogens is 260 g/mol. The van der Waals surface area contributed by atoms with Crippen LogP contribution in [0, 0.1) is 0 Å². The van der Waals surface area contributed by atoms with E-state index in [1.165, 1.54) is 0 Å². The average molecular weight is 282 g/mol. The Morgan fingerprint density at radius 1 is 1.60 bits per heavy atom. The smallest absolute Gasteiger partial charge is 0.317 e. The summed E-state index contributed by atoms with van der Waals surface area (Å²) in [6.45, 7) is 2.89. The molecule has 1 atom stereocenters. The van der Waals surface area contributed by atoms with Crippen LogP contribution in [0.5, 0.6) is 0 Å². The van der Waals surface area contributed by atoms with Crippen LogP contribution in [0.25, 0.3) is 0 Å². The molecule has 20 heavy (non-hydrogen) atoms. The number of nitrogens with one attached hydrogen (secondary N) is 1. The lowest BCUT2D eigenvalue weighted by Gasteiger charge is -2.17. The number of nitrogens with zero attached hydrogens (tertiary/aromatic N) is 1. The predicted octanol–water partition coefficient (Wildman–Crippen LogP) is 1.62. The van der Waals surface area contributed by atoms with Crippen molar-refractivity contribution >= 4 is 6.03 Å². The van der Waals surface area contributed by atoms with Crippen molar-refractivity contribution in [2.24, 2.45) is 0 Å². The summed E-state index contributed by atoms with van der Waals surface area (Å²) in [6.07, 6.45) is 4.01. The number of amides is 2. The summed E-state index contributed by atoms with van der Waals surface area (Å²) in [7, 11) is 1.73. The number of carbonyl (C=O) groups is 1. The number of ether oxygens (including phenoxy) is 2. The molecule has 2 heterocycles. The minimum Gasteiger partial charge on any atom is -0.467 e. The van der Waals surface area contributed by atoms with E-state index >= 15 is 0 Å². The Kier molecular flexibility index (Phi) is 5.88. The van der Waals surface area contributed by atoms with E-state index in [1.807, 2.05) is 6.07 Å². The fourth-order valence-electron chi connectivity index (χ4n) is 2.06. The van der Waals surface area contributed by atoms with Gasteiger partial charge < -0.3 is 24.1 Å². The first kappa shape index (κ1) is 14.9. The summed E-state index contributed by atoms with van der Waals surface area (Å²) in [6, 6.07) is 3.51. The second-order valence-corrected chi connectivity index (χ2v) is 4.88. The van der Waals surface area contributed by atoms with Gasteiger partial charge in [0.05, 0.1) is 32.1 Å². The quantitative estimate of drug-likeness (QED) is 0.772. The molecule has 2 rings (SSSR count). The third-order valence-electron chi connectivity index (χ3n) is 3.17. The molecule has 1 fully saturated rings. The molecule has 1 aliphatic rings. The van der Waals surface area contributed by atoms with E-state index in [0.717, 1.165) is 25.2 Å². The fraction of sp³-hybridized carbons (Fsp3) is 0.643. The Morgan fingerprint density at radius 2 is 2.50 bits per heavy atom. The summed E-state index contributed by atoms with van der Waals surface area (Å²) in [5.41, 5.74) is 0. The number of urea groups is 1. The zero-order valence-electron chi connectivity index (χ0n) is 11.8. The van der Waals surface area contributed by atoms with E-state index in [9.17, 15) is 4.79 Å². The molecule has 6 heteroatoms. The van der Waals surface area contributed by atoms with Crippen molar-refractivity contribution in [1.29, 1.82) is 0 Å². The lowest BCUT2D eigenvalue weighted by atomic mass is 10.2. The van der Waals surface area contributed by atoms with Gasteiger partial charge in [0.25, 0.3) is 0 Å². The van der Waals surface area contributed by atoms with E-state index in [4.69, 9.17) is 13.9 Å². The summed E-state index contributed by atoms with van der Waals surface area (Å²) in [5.74, 6) is 0.761. The van der Waals surface area contributed by atoms with Crippen LogP contribution >= 0.6 is 0 Å². The highest BCUT2D eigenvalue weighted by molar-refractivity contribution is 5.73. The number of carbonyl (C=O) groups excluding carboxylic acids is 1. The van der Waals surface area contributed by atoms with Gasteiger partial charge in [0.1, 0.15) is 5.76 Å². The molecule has 112 valence electrons. The molecule has 0 saturated carbocycles. The highest BCUT2D eigenvalue weighted by atomic mass is 16.5. The van der Waals surface area contributed by atoms with Gasteiger partial charge in [-0.2, -0.15) is 0 Å². The van der Waals surface area contributed by atoms with Gasteiger partial charge in [-0.05, 0) is 25.0 Å². The first-order valence-corrected chi connectivity index (χ1v) is 6.96. The van der Waals surface area contributed by atoms with Gasteiger partial charge in [-0.15, -0.1) is 0 Å². The van der Waals surface area contributed by atoms with Gasteiger partial charge in [-0.1, -0.05) is 0 Å². The monoisotopic (exact) mass is 282 g/mol. The molecule has 1 aromatic heterocycles. The van der Waals surface area contributed by atoms with Gasteiger partial charge in [0, 0.05) is 20.2 Å². The van der Waals surface area contributed by atoms with Crippen LogP contribution in [0.15, 0.2) is 22.8 Å². The molecule has 0 spiro atoms. The van der Waals surface area contributed by atoms with Crippen molar-refractivity contribution in [1.82, 2.24) is 10.2 Å². The molecule has 0 bridgehead atoms. The van der Waals surface area contributed by atoms with Crippen molar-refractivity contribution in [3.63, 3.8) is 0 Å². The first-order chi connectivity index (χ1) is 9.75. The number of hydrogen-bond donors (Lipinski definition) is 1. The van der Waals surface area contributed by atoms with Crippen LogP contribution in [0.2, 0.25) is 0 Å². The maximum Gasteiger partial charge on any atom is 0.317 e. The largest absolute Gasteiger partial charge is 0.467 e. The Hall–Kier alpha value is -1.53. The van der Waals surface area contributed by atoms with Gasteiger partial charge in [-0.3, -0.25) is 0 Å². The van der Waals surface area contributed by atoms with Crippen LogP contribution in [-0.4, -0.2) is 50.4 Å². The van der Waals surface area contributed by atoms with E-state index in [1.54, 1.807) is 24.3 Å². The van der Waals surface area contributed by atoms with E-state index in [-0.39, 0.29) is 12.1 Å². The van der Waals surface area contributed by atoms with Crippen molar-refractivity contribution in [2.45, 2.75) is 25.5 Å². The van der Waals surface area contributed by atoms with E-state index in [2.05, 4.69) is 5.32 Å². The minimum atomic E-state index is -0.137. The lowest BCUT2D eigenvalue weighted by Crippen LogP contribution is -2.38. The summed E-state index contributed by atoms with van der Waals surface area (Å²) < 4.78 is 16.1. The number of furan rings is 1. The molecular formula is C14H22N2O4. The third kappa shape index (κ3) is 4.86. The van der Waals surface area contributed by atoms with Crippen molar-refractivity contribution in [3.05, 3.63) is 24.2 Å². The normalized spacial score (nSPS) is 18.1. The van der Waals surface area contributed by atoms with Crippen LogP contribution < -0.4 is 5.32 Å². The molecule has 1 unspecified atom stereocenters. The SMILES string of the molecule is CN(Cc1ccco1)C(=O)NCCOCC1CCCO1. The molecule has 0 aromatic carbocycles. The maximum absolute atomic E-state index is 11.8. The third-order valence-corrected chi connectivity index (χ3v) is 3.17. The molecule has 0 aliphatic carbocycles. The summed E-state index contributed by atoms with van der Waals surface area (Å²) in [5, 5.41) is 2.80. The Morgan fingerprint density at radius 3 is 3.20 bits per heavy atom. The first-order valence-electron chi connectivity index (χ1n) is 6.96. The second-order valence-electron chi connectivity index (χ2n) is 4.88. The van der Waals surface area contributed by atoms with Crippen LogP contribution in [-0.2, 0) is 16.0 Å². The van der Waals surface area contributed by atoms with Crippen LogP contribution in [0.4, 0.5) is 4.79 Å². The van der Waals surface area contributed by atoms with Gasteiger partial charge in [0.2, 0.25) is 0 Å². The topological polar surface area (TPSA) is 63.9 Å². The molecule has 1 aromatic rings. The minimum absolute atomic E-state index is 0.137. The summed E-state index contributed by atoms with van der Waals surface area (Å²) in [4.78, 5) is 13.3.